The molecule has 1 N–H and O–H groups in total. The third-order valence-corrected chi connectivity index (χ3v) is 6.31. The van der Waals surface area contributed by atoms with E-state index in [0.717, 1.165) is 22.9 Å². The number of carbonyl (C=O) groups excluding carboxylic acids is 2. The minimum atomic E-state index is -0.294. The van der Waals surface area contributed by atoms with E-state index >= 15 is 0 Å². The monoisotopic (exact) mass is 401 g/mol. The quantitative estimate of drug-likeness (QED) is 0.717. The van der Waals surface area contributed by atoms with Gasteiger partial charge in [0.05, 0.1) is 0 Å². The molecule has 3 heterocycles. The molecular weight excluding hydrogens is 378 g/mol. The Labute approximate surface area is 174 Å². The van der Waals surface area contributed by atoms with Gasteiger partial charge in [-0.15, -0.1) is 0 Å². The van der Waals surface area contributed by atoms with Crippen LogP contribution in [0.25, 0.3) is 10.8 Å². The summed E-state index contributed by atoms with van der Waals surface area (Å²) < 4.78 is 1.78. The van der Waals surface area contributed by atoms with Gasteiger partial charge in [0.1, 0.15) is 5.69 Å². The number of fused-ring (bicyclic) bond motifs is 5. The molecule has 2 aromatic carbocycles. The van der Waals surface area contributed by atoms with Gasteiger partial charge in [0.15, 0.2) is 0 Å². The van der Waals surface area contributed by atoms with Crippen LogP contribution < -0.4 is 10.9 Å². The van der Waals surface area contributed by atoms with Crippen LogP contribution in [0.15, 0.2) is 59.4 Å². The third-order valence-electron chi connectivity index (χ3n) is 6.31. The second-order valence-electron chi connectivity index (χ2n) is 8.33. The molecule has 1 aromatic heterocycles. The number of hydrogen-bond acceptors (Lipinski definition) is 3. The number of hydrogen-bond donors (Lipinski definition) is 1. The number of likely N-dealkylation sites (tertiary alicyclic amines) is 1. The van der Waals surface area contributed by atoms with Crippen molar-refractivity contribution in [1.82, 2.24) is 9.47 Å². The Hall–Kier alpha value is -3.41. The fraction of sp³-hybridized carbons (Fsp3) is 0.292. The summed E-state index contributed by atoms with van der Waals surface area (Å²) >= 11 is 0. The van der Waals surface area contributed by atoms with Crippen LogP contribution in [0.3, 0.4) is 0 Å². The fourth-order valence-corrected chi connectivity index (χ4v) is 4.82. The lowest BCUT2D eigenvalue weighted by Gasteiger charge is -2.42. The number of benzene rings is 2. The van der Waals surface area contributed by atoms with Crippen molar-refractivity contribution in [2.75, 3.05) is 18.4 Å². The van der Waals surface area contributed by atoms with Gasteiger partial charge in [-0.1, -0.05) is 30.3 Å². The molecular formula is C24H23N3O3. The number of anilines is 1. The topological polar surface area (TPSA) is 71.4 Å². The maximum atomic E-state index is 13.1. The molecule has 2 amide bonds. The maximum Gasteiger partial charge on any atom is 0.274 e. The van der Waals surface area contributed by atoms with Gasteiger partial charge in [0.25, 0.3) is 11.5 Å². The number of amides is 2. The van der Waals surface area contributed by atoms with Gasteiger partial charge in [0, 0.05) is 43.7 Å². The molecule has 0 aliphatic carbocycles. The van der Waals surface area contributed by atoms with Gasteiger partial charge in [-0.05, 0) is 47.4 Å². The molecule has 2 unspecified atom stereocenters. The molecule has 30 heavy (non-hydrogen) atoms. The van der Waals surface area contributed by atoms with Crippen molar-refractivity contribution in [3.05, 3.63) is 76.2 Å². The first-order valence-electron chi connectivity index (χ1n) is 10.3. The molecule has 0 spiro atoms. The summed E-state index contributed by atoms with van der Waals surface area (Å²) in [6.07, 6.45) is 0.992. The second-order valence-corrected chi connectivity index (χ2v) is 8.33. The summed E-state index contributed by atoms with van der Waals surface area (Å²) in [5.41, 5.74) is 1.59. The first-order chi connectivity index (χ1) is 14.5. The molecule has 3 aromatic rings. The molecule has 2 atom stereocenters. The van der Waals surface area contributed by atoms with Gasteiger partial charge in [-0.3, -0.25) is 14.4 Å². The molecule has 0 radical (unpaired) electrons. The Bertz CT molecular complexity index is 1230. The number of rotatable bonds is 2. The molecule has 6 nitrogen and oxygen atoms in total. The lowest BCUT2D eigenvalue weighted by molar-refractivity contribution is -0.131. The summed E-state index contributed by atoms with van der Waals surface area (Å²) in [7, 11) is 0. The van der Waals surface area contributed by atoms with E-state index in [9.17, 15) is 14.4 Å². The predicted molar refractivity (Wildman–Crippen MR) is 116 cm³/mol. The number of aromatic nitrogens is 1. The summed E-state index contributed by atoms with van der Waals surface area (Å²) in [5.74, 6) is 0.223. The average molecular weight is 401 g/mol. The summed E-state index contributed by atoms with van der Waals surface area (Å²) in [4.78, 5) is 39.6. The highest BCUT2D eigenvalue weighted by atomic mass is 16.2. The van der Waals surface area contributed by atoms with Crippen LogP contribution in [-0.2, 0) is 11.3 Å². The lowest BCUT2D eigenvalue weighted by atomic mass is 9.83. The SMILES string of the molecule is CC(=O)N1CC2CC(C1)c1ccc(NC(=O)c3ccc4ccccc4c3)c(=O)n1C2. The first kappa shape index (κ1) is 18.6. The summed E-state index contributed by atoms with van der Waals surface area (Å²) in [5, 5.41) is 4.84. The smallest absolute Gasteiger partial charge is 0.274 e. The fourth-order valence-electron chi connectivity index (χ4n) is 4.82. The highest BCUT2D eigenvalue weighted by Crippen LogP contribution is 2.35. The Balaban J connectivity index is 1.42. The van der Waals surface area contributed by atoms with E-state index in [4.69, 9.17) is 0 Å². The normalized spacial score (nSPS) is 20.0. The lowest BCUT2D eigenvalue weighted by Crippen LogP contribution is -2.48. The van der Waals surface area contributed by atoms with Crippen LogP contribution >= 0.6 is 0 Å². The highest BCUT2D eigenvalue weighted by molar-refractivity contribution is 6.06. The zero-order valence-corrected chi connectivity index (χ0v) is 16.8. The van der Waals surface area contributed by atoms with Crippen molar-refractivity contribution < 1.29 is 9.59 Å². The minimum Gasteiger partial charge on any atom is -0.342 e. The van der Waals surface area contributed by atoms with Crippen molar-refractivity contribution in [1.29, 1.82) is 0 Å². The molecule has 2 bridgehead atoms. The summed E-state index contributed by atoms with van der Waals surface area (Å²) in [6, 6.07) is 17.0. The van der Waals surface area contributed by atoms with Gasteiger partial charge in [-0.2, -0.15) is 0 Å². The van der Waals surface area contributed by atoms with Crippen molar-refractivity contribution in [2.45, 2.75) is 25.8 Å². The van der Waals surface area contributed by atoms with Gasteiger partial charge in [-0.25, -0.2) is 0 Å². The number of pyridine rings is 1. The van der Waals surface area contributed by atoms with E-state index < -0.39 is 0 Å². The predicted octanol–water partition coefficient (Wildman–Crippen LogP) is 3.22. The van der Waals surface area contributed by atoms with Gasteiger partial charge in [0.2, 0.25) is 5.91 Å². The zero-order valence-electron chi connectivity index (χ0n) is 16.8. The molecule has 0 saturated carbocycles. The van der Waals surface area contributed by atoms with Crippen LogP contribution in [0, 0.1) is 5.92 Å². The average Bonchev–Trinajstić information content (AvgIpc) is 2.75. The van der Waals surface area contributed by atoms with E-state index in [1.807, 2.05) is 47.4 Å². The molecule has 1 fully saturated rings. The van der Waals surface area contributed by atoms with E-state index in [-0.39, 0.29) is 29.2 Å². The maximum absolute atomic E-state index is 13.1. The summed E-state index contributed by atoms with van der Waals surface area (Å²) in [6.45, 7) is 3.51. The molecule has 6 heteroatoms. The molecule has 1 saturated heterocycles. The van der Waals surface area contributed by atoms with Gasteiger partial charge < -0.3 is 14.8 Å². The van der Waals surface area contributed by atoms with E-state index in [1.54, 1.807) is 23.6 Å². The number of piperidine rings is 1. The van der Waals surface area contributed by atoms with Crippen molar-refractivity contribution in [3.8, 4) is 0 Å². The Morgan fingerprint density at radius 1 is 0.967 bits per heavy atom. The van der Waals surface area contributed by atoms with E-state index in [1.165, 1.54) is 0 Å². The molecule has 2 aliphatic rings. The van der Waals surface area contributed by atoms with Crippen LogP contribution in [-0.4, -0.2) is 34.4 Å². The minimum absolute atomic E-state index is 0.0831. The molecule has 5 rings (SSSR count). The van der Waals surface area contributed by atoms with Crippen LogP contribution in [0.4, 0.5) is 5.69 Å². The van der Waals surface area contributed by atoms with Crippen LogP contribution in [0.5, 0.6) is 0 Å². The van der Waals surface area contributed by atoms with Crippen LogP contribution in [0.1, 0.15) is 35.3 Å². The first-order valence-corrected chi connectivity index (χ1v) is 10.3. The highest BCUT2D eigenvalue weighted by Gasteiger charge is 2.35. The molecule has 152 valence electrons. The second kappa shape index (κ2) is 7.13. The standard InChI is InChI=1S/C24H23N3O3/c1-15(28)26-12-16-10-20(14-26)22-9-8-21(24(30)27(22)13-16)25-23(29)19-7-6-17-4-2-3-5-18(17)11-19/h2-9,11,16,20H,10,12-14H2,1H3,(H,25,29). The number of carbonyl (C=O) groups is 2. The van der Waals surface area contributed by atoms with Crippen molar-refractivity contribution >= 4 is 28.3 Å². The largest absolute Gasteiger partial charge is 0.342 e. The number of nitrogens with zero attached hydrogens (tertiary/aromatic N) is 2. The third kappa shape index (κ3) is 3.18. The Kier molecular flexibility index (Phi) is 4.42. The van der Waals surface area contributed by atoms with Crippen molar-refractivity contribution in [3.63, 3.8) is 0 Å². The van der Waals surface area contributed by atoms with E-state index in [0.29, 0.717) is 30.9 Å². The zero-order chi connectivity index (χ0) is 20.8. The van der Waals surface area contributed by atoms with E-state index in [2.05, 4.69) is 5.32 Å². The Morgan fingerprint density at radius 2 is 1.77 bits per heavy atom. The van der Waals surface area contributed by atoms with Crippen LogP contribution in [0.2, 0.25) is 0 Å². The molecule has 2 aliphatic heterocycles. The Morgan fingerprint density at radius 3 is 2.57 bits per heavy atom. The van der Waals surface area contributed by atoms with Crippen molar-refractivity contribution in [2.24, 2.45) is 5.92 Å². The van der Waals surface area contributed by atoms with Gasteiger partial charge >= 0.3 is 0 Å². The number of nitrogens with one attached hydrogen (secondary N) is 1.